The van der Waals surface area contributed by atoms with Crippen LogP contribution in [0.1, 0.15) is 33.3 Å². The summed E-state index contributed by atoms with van der Waals surface area (Å²) >= 11 is 0. The number of rotatable bonds is 7. The van der Waals surface area contributed by atoms with Gasteiger partial charge in [0, 0.05) is 36.5 Å². The van der Waals surface area contributed by atoms with Crippen LogP contribution in [0.15, 0.2) is 67.1 Å². The van der Waals surface area contributed by atoms with Crippen LogP contribution in [0.25, 0.3) is 0 Å². The van der Waals surface area contributed by atoms with Crippen LogP contribution in [0.5, 0.6) is 0 Å². The fourth-order valence-electron chi connectivity index (χ4n) is 2.47. The molecule has 7 heteroatoms. The summed E-state index contributed by atoms with van der Waals surface area (Å²) in [5.41, 5.74) is 3.09. The molecular weight excluding hydrogens is 356 g/mol. The van der Waals surface area contributed by atoms with E-state index in [2.05, 4.69) is 20.6 Å². The first-order valence-corrected chi connectivity index (χ1v) is 8.83. The molecule has 0 aliphatic heterocycles. The summed E-state index contributed by atoms with van der Waals surface area (Å²) < 4.78 is 4.94. The average molecular weight is 376 g/mol. The summed E-state index contributed by atoms with van der Waals surface area (Å²) in [6.45, 7) is 2.65. The van der Waals surface area contributed by atoms with Gasteiger partial charge in [0.05, 0.1) is 12.2 Å². The predicted molar refractivity (Wildman–Crippen MR) is 106 cm³/mol. The lowest BCUT2D eigenvalue weighted by Crippen LogP contribution is -2.14. The number of hydrogen-bond donors (Lipinski definition) is 2. The van der Waals surface area contributed by atoms with Gasteiger partial charge in [0.15, 0.2) is 0 Å². The van der Waals surface area contributed by atoms with Crippen molar-refractivity contribution >= 4 is 23.3 Å². The normalized spacial score (nSPS) is 10.2. The van der Waals surface area contributed by atoms with Crippen molar-refractivity contribution in [2.45, 2.75) is 13.5 Å². The van der Waals surface area contributed by atoms with Crippen LogP contribution in [0.4, 0.5) is 11.4 Å². The molecule has 0 bridgehead atoms. The number of esters is 1. The lowest BCUT2D eigenvalue weighted by molar-refractivity contribution is 0.0526. The molecular formula is C21H20N4O3. The van der Waals surface area contributed by atoms with Gasteiger partial charge in [-0.3, -0.25) is 14.8 Å². The minimum atomic E-state index is -0.394. The van der Waals surface area contributed by atoms with Crippen molar-refractivity contribution in [3.63, 3.8) is 0 Å². The van der Waals surface area contributed by atoms with E-state index in [1.54, 1.807) is 61.9 Å². The molecule has 7 nitrogen and oxygen atoms in total. The Morgan fingerprint density at radius 3 is 2.57 bits per heavy atom. The van der Waals surface area contributed by atoms with E-state index in [1.165, 1.54) is 0 Å². The number of hydrogen-bond acceptors (Lipinski definition) is 6. The second-order valence-corrected chi connectivity index (χ2v) is 5.90. The average Bonchev–Trinajstić information content (AvgIpc) is 2.74. The largest absolute Gasteiger partial charge is 0.462 e. The van der Waals surface area contributed by atoms with E-state index < -0.39 is 5.97 Å². The Bertz CT molecular complexity index is 943. The maximum atomic E-state index is 12.5. The maximum Gasteiger partial charge on any atom is 0.338 e. The van der Waals surface area contributed by atoms with Crippen LogP contribution in [0, 0.1) is 0 Å². The Balaban J connectivity index is 1.62. The van der Waals surface area contributed by atoms with E-state index in [0.29, 0.717) is 24.4 Å². The fourth-order valence-corrected chi connectivity index (χ4v) is 2.47. The van der Waals surface area contributed by atoms with Gasteiger partial charge in [-0.2, -0.15) is 0 Å². The topological polar surface area (TPSA) is 93.2 Å². The Kier molecular flexibility index (Phi) is 6.30. The number of aromatic nitrogens is 2. The summed E-state index contributed by atoms with van der Waals surface area (Å²) in [6, 6.07) is 13.8. The Hall–Kier alpha value is -3.74. The molecule has 0 spiro atoms. The number of carbonyl (C=O) groups is 2. The molecule has 3 aromatic rings. The molecule has 28 heavy (non-hydrogen) atoms. The lowest BCUT2D eigenvalue weighted by Gasteiger charge is -2.09. The van der Waals surface area contributed by atoms with Gasteiger partial charge in [0.25, 0.3) is 5.91 Å². The van der Waals surface area contributed by atoms with Gasteiger partial charge in [-0.1, -0.05) is 6.07 Å². The number of carbonyl (C=O) groups excluding carboxylic acids is 2. The molecule has 0 saturated carbocycles. The van der Waals surface area contributed by atoms with Crippen molar-refractivity contribution < 1.29 is 14.3 Å². The van der Waals surface area contributed by atoms with Gasteiger partial charge in [0.2, 0.25) is 0 Å². The van der Waals surface area contributed by atoms with Crippen LogP contribution >= 0.6 is 0 Å². The third-order valence-electron chi connectivity index (χ3n) is 3.87. The summed E-state index contributed by atoms with van der Waals surface area (Å²) in [5, 5.41) is 6.01. The van der Waals surface area contributed by atoms with Crippen molar-refractivity contribution in [1.29, 1.82) is 0 Å². The van der Waals surface area contributed by atoms with Crippen molar-refractivity contribution in [2.75, 3.05) is 17.2 Å². The number of amides is 1. The van der Waals surface area contributed by atoms with Crippen LogP contribution in [0.2, 0.25) is 0 Å². The zero-order valence-electron chi connectivity index (χ0n) is 15.4. The first kappa shape index (κ1) is 19.0. The highest BCUT2D eigenvalue weighted by atomic mass is 16.5. The van der Waals surface area contributed by atoms with E-state index in [9.17, 15) is 9.59 Å². The summed E-state index contributed by atoms with van der Waals surface area (Å²) in [6.07, 6.45) is 5.07. The molecule has 0 fully saturated rings. The number of pyridine rings is 2. The zero-order valence-corrected chi connectivity index (χ0v) is 15.4. The second kappa shape index (κ2) is 9.27. The van der Waals surface area contributed by atoms with Crippen molar-refractivity contribution in [3.05, 3.63) is 83.9 Å². The Labute approximate surface area is 162 Å². The third-order valence-corrected chi connectivity index (χ3v) is 3.87. The molecule has 0 aliphatic rings. The minimum Gasteiger partial charge on any atom is -0.462 e. The van der Waals surface area contributed by atoms with Crippen molar-refractivity contribution in [3.8, 4) is 0 Å². The first-order chi connectivity index (χ1) is 13.7. The highest BCUT2D eigenvalue weighted by molar-refractivity contribution is 6.03. The monoisotopic (exact) mass is 376 g/mol. The van der Waals surface area contributed by atoms with Crippen LogP contribution in [0.3, 0.4) is 0 Å². The fraction of sp³-hybridized carbons (Fsp3) is 0.143. The molecule has 0 atom stereocenters. The van der Waals surface area contributed by atoms with Crippen molar-refractivity contribution in [1.82, 2.24) is 9.97 Å². The number of anilines is 2. The number of benzene rings is 1. The molecule has 1 aromatic carbocycles. The summed E-state index contributed by atoms with van der Waals surface area (Å²) in [5.74, 6) is -0.733. The van der Waals surface area contributed by atoms with Crippen LogP contribution in [-0.2, 0) is 11.3 Å². The second-order valence-electron chi connectivity index (χ2n) is 5.90. The van der Waals surface area contributed by atoms with Crippen LogP contribution in [-0.4, -0.2) is 28.5 Å². The molecule has 0 aliphatic carbocycles. The quantitative estimate of drug-likeness (QED) is 0.613. The van der Waals surface area contributed by atoms with Gasteiger partial charge in [-0.25, -0.2) is 4.79 Å². The third kappa shape index (κ3) is 5.14. The molecule has 1 amide bonds. The number of nitrogens with zero attached hydrogens (tertiary/aromatic N) is 2. The van der Waals surface area contributed by atoms with Gasteiger partial charge in [-0.15, -0.1) is 0 Å². The van der Waals surface area contributed by atoms with E-state index in [0.717, 1.165) is 11.3 Å². The van der Waals surface area contributed by atoms with Crippen molar-refractivity contribution in [2.24, 2.45) is 0 Å². The standard InChI is InChI=1S/C21H20N4O3/c1-2-28-21(27)16-5-7-17(8-6-16)25-20(26)19-12-18(9-11-23-19)24-14-15-4-3-10-22-13-15/h3-13H,2,14H2,1H3,(H,23,24)(H,25,26). The molecule has 2 aromatic heterocycles. The zero-order chi connectivity index (χ0) is 19.8. The Morgan fingerprint density at radius 1 is 1.04 bits per heavy atom. The predicted octanol–water partition coefficient (Wildman–Crippen LogP) is 3.52. The molecule has 3 rings (SSSR count). The summed E-state index contributed by atoms with van der Waals surface area (Å²) in [4.78, 5) is 32.3. The van der Waals surface area contributed by atoms with Gasteiger partial charge in [0.1, 0.15) is 5.69 Å². The highest BCUT2D eigenvalue weighted by Gasteiger charge is 2.10. The van der Waals surface area contributed by atoms with E-state index in [4.69, 9.17) is 4.74 Å². The SMILES string of the molecule is CCOC(=O)c1ccc(NC(=O)c2cc(NCc3cccnc3)ccn2)cc1. The van der Waals surface area contributed by atoms with Gasteiger partial charge >= 0.3 is 5.97 Å². The van der Waals surface area contributed by atoms with Gasteiger partial charge < -0.3 is 15.4 Å². The van der Waals surface area contributed by atoms with E-state index >= 15 is 0 Å². The van der Waals surface area contributed by atoms with Gasteiger partial charge in [-0.05, 0) is 55.0 Å². The molecule has 2 heterocycles. The lowest BCUT2D eigenvalue weighted by atomic mass is 10.2. The van der Waals surface area contributed by atoms with E-state index in [1.807, 2.05) is 12.1 Å². The molecule has 0 radical (unpaired) electrons. The first-order valence-electron chi connectivity index (χ1n) is 8.83. The molecule has 2 N–H and O–H groups in total. The number of ether oxygens (including phenoxy) is 1. The van der Waals surface area contributed by atoms with Crippen LogP contribution < -0.4 is 10.6 Å². The number of nitrogens with one attached hydrogen (secondary N) is 2. The molecule has 0 saturated heterocycles. The van der Waals surface area contributed by atoms with E-state index in [-0.39, 0.29) is 11.6 Å². The molecule has 142 valence electrons. The molecule has 0 unspecified atom stereocenters. The maximum absolute atomic E-state index is 12.5. The highest BCUT2D eigenvalue weighted by Crippen LogP contribution is 2.14. The minimum absolute atomic E-state index is 0.283. The smallest absolute Gasteiger partial charge is 0.338 e. The summed E-state index contributed by atoms with van der Waals surface area (Å²) in [7, 11) is 0. The Morgan fingerprint density at radius 2 is 1.86 bits per heavy atom.